The quantitative estimate of drug-likeness (QED) is 0.845. The molecule has 0 radical (unpaired) electrons. The molecular weight excluding hydrogens is 322 g/mol. The number of aryl methyl sites for hydroxylation is 1. The topological polar surface area (TPSA) is 38.1 Å². The van der Waals surface area contributed by atoms with E-state index in [0.29, 0.717) is 30.5 Å². The molecule has 1 aromatic heterocycles. The summed E-state index contributed by atoms with van der Waals surface area (Å²) >= 11 is 6.03. The highest BCUT2D eigenvalue weighted by atomic mass is 35.5. The fourth-order valence-electron chi connectivity index (χ4n) is 4.36. The average molecular weight is 344 g/mol. The van der Waals surface area contributed by atoms with E-state index < -0.39 is 0 Å². The number of carbonyl (C=O) groups excluding carboxylic acids is 1. The van der Waals surface area contributed by atoms with Gasteiger partial charge in [0.05, 0.1) is 6.33 Å². The van der Waals surface area contributed by atoms with Gasteiger partial charge in [0, 0.05) is 42.0 Å². The van der Waals surface area contributed by atoms with Crippen LogP contribution in [-0.2, 0) is 11.2 Å². The van der Waals surface area contributed by atoms with Crippen LogP contribution in [0.25, 0.3) is 0 Å². The summed E-state index contributed by atoms with van der Waals surface area (Å²) in [5.74, 6) is 0.298. The van der Waals surface area contributed by atoms with Crippen molar-refractivity contribution in [1.82, 2.24) is 14.5 Å². The summed E-state index contributed by atoms with van der Waals surface area (Å²) in [6.45, 7) is 0. The number of hydrogen-bond donors (Lipinski definition) is 0. The maximum atomic E-state index is 12.8. The molecule has 3 heterocycles. The molecule has 126 valence electrons. The second-order valence-corrected chi connectivity index (χ2v) is 7.39. The van der Waals surface area contributed by atoms with E-state index in [4.69, 9.17) is 11.6 Å². The van der Waals surface area contributed by atoms with Crippen LogP contribution >= 0.6 is 11.6 Å². The van der Waals surface area contributed by atoms with Gasteiger partial charge in [-0.05, 0) is 49.8 Å². The average Bonchev–Trinajstić information content (AvgIpc) is 3.20. The van der Waals surface area contributed by atoms with Gasteiger partial charge in [-0.3, -0.25) is 4.79 Å². The summed E-state index contributed by atoms with van der Waals surface area (Å²) in [7, 11) is 0. The van der Waals surface area contributed by atoms with E-state index in [-0.39, 0.29) is 0 Å². The number of nitrogens with zero attached hydrogens (tertiary/aromatic N) is 3. The number of imidazole rings is 1. The van der Waals surface area contributed by atoms with E-state index in [9.17, 15) is 4.79 Å². The highest BCUT2D eigenvalue weighted by Gasteiger charge is 2.43. The highest BCUT2D eigenvalue weighted by molar-refractivity contribution is 6.30. The van der Waals surface area contributed by atoms with Crippen molar-refractivity contribution < 1.29 is 4.79 Å². The Balaban J connectivity index is 1.39. The Bertz CT molecular complexity index is 701. The third-order valence-electron chi connectivity index (χ3n) is 5.46. The molecule has 0 spiro atoms. The molecular formula is C19H22ClN3O. The van der Waals surface area contributed by atoms with E-state index in [0.717, 1.165) is 42.7 Å². The smallest absolute Gasteiger partial charge is 0.223 e. The van der Waals surface area contributed by atoms with Gasteiger partial charge in [0.1, 0.15) is 0 Å². The van der Waals surface area contributed by atoms with E-state index in [1.54, 1.807) is 0 Å². The summed E-state index contributed by atoms with van der Waals surface area (Å²) in [6.07, 6.45) is 11.5. The standard InChI is InChI=1S/C19H22ClN3O/c20-15-3-1-2-14(10-15)4-7-19(24)23-16-5-6-17(23)12-18(11-16)22-9-8-21-13-22/h1-3,8-10,13,16-18H,4-7,11-12H2. The maximum Gasteiger partial charge on any atom is 0.223 e. The summed E-state index contributed by atoms with van der Waals surface area (Å²) in [6, 6.07) is 9.08. The number of benzene rings is 1. The molecule has 1 aromatic carbocycles. The minimum Gasteiger partial charge on any atom is -0.337 e. The Kier molecular flexibility index (Phi) is 4.31. The maximum absolute atomic E-state index is 12.8. The third-order valence-corrected chi connectivity index (χ3v) is 5.69. The Morgan fingerprint density at radius 1 is 1.21 bits per heavy atom. The molecule has 0 N–H and O–H groups in total. The molecule has 2 unspecified atom stereocenters. The van der Waals surface area contributed by atoms with Crippen molar-refractivity contribution in [2.24, 2.45) is 0 Å². The van der Waals surface area contributed by atoms with Gasteiger partial charge in [-0.2, -0.15) is 0 Å². The molecule has 2 saturated heterocycles. The van der Waals surface area contributed by atoms with Crippen molar-refractivity contribution in [2.45, 2.75) is 56.7 Å². The zero-order chi connectivity index (χ0) is 16.5. The molecule has 2 aliphatic heterocycles. The first-order chi connectivity index (χ1) is 11.7. The first-order valence-corrected chi connectivity index (χ1v) is 9.11. The summed E-state index contributed by atoms with van der Waals surface area (Å²) < 4.78 is 2.21. The molecule has 2 aromatic rings. The number of carbonyl (C=O) groups is 1. The van der Waals surface area contributed by atoms with Gasteiger partial charge >= 0.3 is 0 Å². The van der Waals surface area contributed by atoms with Crippen LogP contribution in [0.4, 0.5) is 0 Å². The monoisotopic (exact) mass is 343 g/mol. The minimum atomic E-state index is 0.298. The van der Waals surface area contributed by atoms with Crippen LogP contribution in [0, 0.1) is 0 Å². The van der Waals surface area contributed by atoms with Crippen LogP contribution in [0.1, 0.15) is 43.7 Å². The molecule has 4 nitrogen and oxygen atoms in total. The fraction of sp³-hybridized carbons (Fsp3) is 0.474. The predicted molar refractivity (Wildman–Crippen MR) is 93.9 cm³/mol. The number of aromatic nitrogens is 2. The zero-order valence-corrected chi connectivity index (χ0v) is 14.4. The van der Waals surface area contributed by atoms with Gasteiger partial charge in [0.25, 0.3) is 0 Å². The van der Waals surface area contributed by atoms with E-state index in [1.165, 1.54) is 0 Å². The van der Waals surface area contributed by atoms with Crippen LogP contribution < -0.4 is 0 Å². The van der Waals surface area contributed by atoms with Crippen molar-refractivity contribution in [1.29, 1.82) is 0 Å². The molecule has 0 aliphatic carbocycles. The summed E-state index contributed by atoms with van der Waals surface area (Å²) in [5.41, 5.74) is 1.14. The lowest BCUT2D eigenvalue weighted by Gasteiger charge is -2.39. The fourth-order valence-corrected chi connectivity index (χ4v) is 4.57. The van der Waals surface area contributed by atoms with E-state index in [1.807, 2.05) is 43.0 Å². The number of hydrogen-bond acceptors (Lipinski definition) is 2. The van der Waals surface area contributed by atoms with Gasteiger partial charge in [-0.15, -0.1) is 0 Å². The molecule has 2 bridgehead atoms. The Labute approximate surface area is 147 Å². The van der Waals surface area contributed by atoms with E-state index in [2.05, 4.69) is 14.5 Å². The van der Waals surface area contributed by atoms with Crippen LogP contribution in [0.15, 0.2) is 43.0 Å². The van der Waals surface area contributed by atoms with Crippen molar-refractivity contribution in [2.75, 3.05) is 0 Å². The zero-order valence-electron chi connectivity index (χ0n) is 13.6. The number of amides is 1. The minimum absolute atomic E-state index is 0.298. The Morgan fingerprint density at radius 3 is 2.67 bits per heavy atom. The van der Waals surface area contributed by atoms with Gasteiger partial charge in [0.15, 0.2) is 0 Å². The first kappa shape index (κ1) is 15.7. The van der Waals surface area contributed by atoms with Crippen molar-refractivity contribution >= 4 is 17.5 Å². The van der Waals surface area contributed by atoms with Gasteiger partial charge in [-0.25, -0.2) is 4.98 Å². The third kappa shape index (κ3) is 3.07. The predicted octanol–water partition coefficient (Wildman–Crippen LogP) is 3.86. The van der Waals surface area contributed by atoms with Crippen LogP contribution in [0.2, 0.25) is 5.02 Å². The number of fused-ring (bicyclic) bond motifs is 2. The highest BCUT2D eigenvalue weighted by Crippen LogP contribution is 2.41. The number of rotatable bonds is 4. The largest absolute Gasteiger partial charge is 0.337 e. The molecule has 5 heteroatoms. The van der Waals surface area contributed by atoms with Crippen LogP contribution in [0.3, 0.4) is 0 Å². The SMILES string of the molecule is O=C(CCc1cccc(Cl)c1)N1C2CCC1CC(n1ccnc1)C2. The van der Waals surface area contributed by atoms with E-state index >= 15 is 0 Å². The lowest BCUT2D eigenvalue weighted by molar-refractivity contribution is -0.136. The first-order valence-electron chi connectivity index (χ1n) is 8.74. The summed E-state index contributed by atoms with van der Waals surface area (Å²) in [5, 5.41) is 0.737. The second kappa shape index (κ2) is 6.60. The molecule has 24 heavy (non-hydrogen) atoms. The summed E-state index contributed by atoms with van der Waals surface area (Å²) in [4.78, 5) is 19.1. The molecule has 1 amide bonds. The van der Waals surface area contributed by atoms with Crippen molar-refractivity contribution in [3.05, 3.63) is 53.6 Å². The van der Waals surface area contributed by atoms with Crippen molar-refractivity contribution in [3.63, 3.8) is 0 Å². The van der Waals surface area contributed by atoms with Gasteiger partial charge in [0.2, 0.25) is 5.91 Å². The van der Waals surface area contributed by atoms with Crippen LogP contribution in [0.5, 0.6) is 0 Å². The van der Waals surface area contributed by atoms with Crippen LogP contribution in [-0.4, -0.2) is 32.4 Å². The van der Waals surface area contributed by atoms with Gasteiger partial charge < -0.3 is 9.47 Å². The lowest BCUT2D eigenvalue weighted by atomic mass is 9.96. The molecule has 2 atom stereocenters. The second-order valence-electron chi connectivity index (χ2n) is 6.95. The molecule has 2 fully saturated rings. The Hall–Kier alpha value is -1.81. The van der Waals surface area contributed by atoms with Gasteiger partial charge in [-0.1, -0.05) is 23.7 Å². The lowest BCUT2D eigenvalue weighted by Crippen LogP contribution is -2.46. The molecule has 4 rings (SSSR count). The Morgan fingerprint density at radius 2 is 2.00 bits per heavy atom. The number of piperidine rings is 1. The normalized spacial score (nSPS) is 25.9. The molecule has 2 aliphatic rings. The number of halogens is 1. The van der Waals surface area contributed by atoms with Crippen molar-refractivity contribution in [3.8, 4) is 0 Å². The molecule has 0 saturated carbocycles.